The summed E-state index contributed by atoms with van der Waals surface area (Å²) in [5.41, 5.74) is 2.93. The molecule has 0 aromatic heterocycles. The Balaban J connectivity index is 1.81. The summed E-state index contributed by atoms with van der Waals surface area (Å²) in [4.78, 5) is 11.9. The molecule has 104 valence electrons. The van der Waals surface area contributed by atoms with Gasteiger partial charge in [-0.3, -0.25) is 4.79 Å². The topological polar surface area (TPSA) is 41.1 Å². The van der Waals surface area contributed by atoms with Gasteiger partial charge < -0.3 is 10.6 Å². The molecule has 4 heteroatoms. The first-order chi connectivity index (χ1) is 9.65. The molecular weight excluding hydrogens is 316 g/mol. The first kappa shape index (κ1) is 14.6. The molecular formula is C16H17BrN2O. The van der Waals surface area contributed by atoms with Crippen molar-refractivity contribution in [2.24, 2.45) is 0 Å². The van der Waals surface area contributed by atoms with Crippen molar-refractivity contribution in [1.82, 2.24) is 0 Å². The van der Waals surface area contributed by atoms with Crippen LogP contribution in [0.1, 0.15) is 12.0 Å². The Labute approximate surface area is 127 Å². The minimum atomic E-state index is 0.0128. The Kier molecular flexibility index (Phi) is 5.18. The van der Waals surface area contributed by atoms with Gasteiger partial charge in [-0.1, -0.05) is 34.1 Å². The second kappa shape index (κ2) is 7.10. The Morgan fingerprint density at radius 3 is 2.60 bits per heavy atom. The summed E-state index contributed by atoms with van der Waals surface area (Å²) in [6.45, 7) is 2.59. The summed E-state index contributed by atoms with van der Waals surface area (Å²) >= 11 is 3.41. The lowest BCUT2D eigenvalue weighted by Crippen LogP contribution is -2.16. The van der Waals surface area contributed by atoms with E-state index in [0.717, 1.165) is 21.4 Å². The van der Waals surface area contributed by atoms with Gasteiger partial charge in [0, 0.05) is 28.8 Å². The van der Waals surface area contributed by atoms with E-state index in [1.54, 1.807) is 0 Å². The van der Waals surface area contributed by atoms with Gasteiger partial charge in [0.25, 0.3) is 0 Å². The smallest absolute Gasteiger partial charge is 0.226 e. The van der Waals surface area contributed by atoms with E-state index in [4.69, 9.17) is 0 Å². The average Bonchev–Trinajstić information content (AvgIpc) is 2.43. The van der Waals surface area contributed by atoms with Gasteiger partial charge in [-0.05, 0) is 42.8 Å². The fourth-order valence-electron chi connectivity index (χ4n) is 1.86. The first-order valence-electron chi connectivity index (χ1n) is 6.50. The predicted octanol–water partition coefficient (Wildman–Crippen LogP) is 4.20. The number of rotatable bonds is 5. The molecule has 2 aromatic rings. The van der Waals surface area contributed by atoms with Gasteiger partial charge in [-0.25, -0.2) is 0 Å². The summed E-state index contributed by atoms with van der Waals surface area (Å²) in [6, 6.07) is 15.7. The van der Waals surface area contributed by atoms with Crippen LogP contribution >= 0.6 is 15.9 Å². The number of carbonyl (C=O) groups excluding carboxylic acids is 1. The highest BCUT2D eigenvalue weighted by molar-refractivity contribution is 9.10. The zero-order valence-electron chi connectivity index (χ0n) is 11.3. The normalized spacial score (nSPS) is 10.1. The second-order valence-electron chi connectivity index (χ2n) is 4.55. The van der Waals surface area contributed by atoms with E-state index in [2.05, 4.69) is 26.6 Å². The molecule has 0 atom stereocenters. The summed E-state index contributed by atoms with van der Waals surface area (Å²) in [7, 11) is 0. The predicted molar refractivity (Wildman–Crippen MR) is 87.1 cm³/mol. The summed E-state index contributed by atoms with van der Waals surface area (Å²) < 4.78 is 1.01. The Hall–Kier alpha value is -1.81. The maximum atomic E-state index is 11.9. The number of carbonyl (C=O) groups is 1. The van der Waals surface area contributed by atoms with Crippen LogP contribution in [0.15, 0.2) is 53.0 Å². The molecule has 0 saturated heterocycles. The SMILES string of the molecule is Cc1cc(Br)ccc1NC(=O)CCNc1ccccc1. The highest BCUT2D eigenvalue weighted by atomic mass is 79.9. The first-order valence-corrected chi connectivity index (χ1v) is 7.29. The van der Waals surface area contributed by atoms with E-state index >= 15 is 0 Å². The monoisotopic (exact) mass is 332 g/mol. The van der Waals surface area contributed by atoms with Gasteiger partial charge >= 0.3 is 0 Å². The number of amides is 1. The zero-order chi connectivity index (χ0) is 14.4. The number of hydrogen-bond donors (Lipinski definition) is 2. The number of aryl methyl sites for hydroxylation is 1. The molecule has 0 aliphatic rings. The van der Waals surface area contributed by atoms with Crippen molar-refractivity contribution in [1.29, 1.82) is 0 Å². The van der Waals surface area contributed by atoms with E-state index < -0.39 is 0 Å². The average molecular weight is 333 g/mol. The number of halogens is 1. The van der Waals surface area contributed by atoms with Crippen LogP contribution in [0.25, 0.3) is 0 Å². The van der Waals surface area contributed by atoms with Crippen LogP contribution in [0, 0.1) is 6.92 Å². The van der Waals surface area contributed by atoms with Crippen molar-refractivity contribution in [3.05, 3.63) is 58.6 Å². The molecule has 20 heavy (non-hydrogen) atoms. The van der Waals surface area contributed by atoms with Crippen LogP contribution in [0.5, 0.6) is 0 Å². The van der Waals surface area contributed by atoms with Crippen molar-refractivity contribution in [3.8, 4) is 0 Å². The minimum Gasteiger partial charge on any atom is -0.385 e. The third-order valence-electron chi connectivity index (χ3n) is 2.92. The largest absolute Gasteiger partial charge is 0.385 e. The molecule has 1 amide bonds. The van der Waals surface area contributed by atoms with E-state index in [1.165, 1.54) is 0 Å². The standard InChI is InChI=1S/C16H17BrN2O/c1-12-11-13(17)7-8-15(12)19-16(20)9-10-18-14-5-3-2-4-6-14/h2-8,11,18H,9-10H2,1H3,(H,19,20). The second-order valence-corrected chi connectivity index (χ2v) is 5.47. The fourth-order valence-corrected chi connectivity index (χ4v) is 2.33. The summed E-state index contributed by atoms with van der Waals surface area (Å²) in [6.07, 6.45) is 0.435. The molecule has 0 spiro atoms. The van der Waals surface area contributed by atoms with Crippen LogP contribution in [0.3, 0.4) is 0 Å². The van der Waals surface area contributed by atoms with Gasteiger partial charge in [0.1, 0.15) is 0 Å². The number of para-hydroxylation sites is 1. The number of hydrogen-bond acceptors (Lipinski definition) is 2. The maximum Gasteiger partial charge on any atom is 0.226 e. The van der Waals surface area contributed by atoms with Crippen molar-refractivity contribution >= 4 is 33.2 Å². The van der Waals surface area contributed by atoms with Crippen molar-refractivity contribution in [3.63, 3.8) is 0 Å². The molecule has 2 aromatic carbocycles. The molecule has 0 heterocycles. The molecule has 2 rings (SSSR count). The molecule has 0 saturated carbocycles. The van der Waals surface area contributed by atoms with E-state index in [9.17, 15) is 4.79 Å². The maximum absolute atomic E-state index is 11.9. The molecule has 0 radical (unpaired) electrons. The van der Waals surface area contributed by atoms with E-state index in [0.29, 0.717) is 13.0 Å². The third-order valence-corrected chi connectivity index (χ3v) is 3.41. The van der Waals surface area contributed by atoms with Gasteiger partial charge in [-0.15, -0.1) is 0 Å². The van der Waals surface area contributed by atoms with Gasteiger partial charge in [0.05, 0.1) is 0 Å². The lowest BCUT2D eigenvalue weighted by molar-refractivity contribution is -0.115. The lowest BCUT2D eigenvalue weighted by atomic mass is 10.2. The number of benzene rings is 2. The Morgan fingerprint density at radius 1 is 1.15 bits per heavy atom. The van der Waals surface area contributed by atoms with Crippen LogP contribution in [0.2, 0.25) is 0 Å². The molecule has 3 nitrogen and oxygen atoms in total. The zero-order valence-corrected chi connectivity index (χ0v) is 12.9. The number of nitrogens with one attached hydrogen (secondary N) is 2. The molecule has 0 bridgehead atoms. The quantitative estimate of drug-likeness (QED) is 0.861. The van der Waals surface area contributed by atoms with Gasteiger partial charge in [-0.2, -0.15) is 0 Å². The van der Waals surface area contributed by atoms with Crippen molar-refractivity contribution in [2.45, 2.75) is 13.3 Å². The Morgan fingerprint density at radius 2 is 1.90 bits per heavy atom. The fraction of sp³-hybridized carbons (Fsp3) is 0.188. The van der Waals surface area contributed by atoms with E-state index in [1.807, 2.05) is 55.5 Å². The van der Waals surface area contributed by atoms with Crippen molar-refractivity contribution < 1.29 is 4.79 Å². The molecule has 2 N–H and O–H groups in total. The highest BCUT2D eigenvalue weighted by Crippen LogP contribution is 2.20. The van der Waals surface area contributed by atoms with Crippen LogP contribution in [0.4, 0.5) is 11.4 Å². The highest BCUT2D eigenvalue weighted by Gasteiger charge is 2.04. The summed E-state index contributed by atoms with van der Waals surface area (Å²) in [5, 5.41) is 6.14. The third kappa shape index (κ3) is 4.38. The molecule has 0 aliphatic heterocycles. The minimum absolute atomic E-state index is 0.0128. The number of anilines is 2. The van der Waals surface area contributed by atoms with E-state index in [-0.39, 0.29) is 5.91 Å². The van der Waals surface area contributed by atoms with Gasteiger partial charge in [0.15, 0.2) is 0 Å². The van der Waals surface area contributed by atoms with Crippen LogP contribution < -0.4 is 10.6 Å². The van der Waals surface area contributed by atoms with Crippen molar-refractivity contribution in [2.75, 3.05) is 17.2 Å². The van der Waals surface area contributed by atoms with Crippen LogP contribution in [-0.2, 0) is 4.79 Å². The summed E-state index contributed by atoms with van der Waals surface area (Å²) in [5.74, 6) is 0.0128. The van der Waals surface area contributed by atoms with Gasteiger partial charge in [0.2, 0.25) is 5.91 Å². The van der Waals surface area contributed by atoms with Crippen LogP contribution in [-0.4, -0.2) is 12.5 Å². The molecule has 0 unspecified atom stereocenters. The lowest BCUT2D eigenvalue weighted by Gasteiger charge is -2.09. The molecule has 0 aliphatic carbocycles. The Bertz CT molecular complexity index is 584. The molecule has 0 fully saturated rings.